The molecular weight excluding hydrogens is 292 g/mol. The predicted molar refractivity (Wildman–Crippen MR) is 79.5 cm³/mol. The number of ether oxygens (including phenoxy) is 1. The molecule has 1 unspecified atom stereocenters. The van der Waals surface area contributed by atoms with Gasteiger partial charge in [-0.2, -0.15) is 0 Å². The van der Waals surface area contributed by atoms with E-state index in [-0.39, 0.29) is 5.91 Å². The second-order valence-electron chi connectivity index (χ2n) is 5.58. The Bertz CT molecular complexity index is 599. The molecule has 0 spiro atoms. The molecular formula is C15H17ClN2O3. The minimum absolute atomic E-state index is 0.277. The standard InChI is InChI=1S/C15H17ClN2O3/c1-15(14(20)18-7-3-2-4-8-18)13(19)17-11-9-10(16)5-6-12(11)21-15/h5-6,9H,2-4,7-8H2,1H3,(H,17,19). The Balaban J connectivity index is 1.88. The molecule has 5 nitrogen and oxygen atoms in total. The molecule has 3 rings (SSSR count). The Kier molecular flexibility index (Phi) is 3.53. The van der Waals surface area contributed by atoms with E-state index >= 15 is 0 Å². The van der Waals surface area contributed by atoms with Crippen LogP contribution < -0.4 is 10.1 Å². The summed E-state index contributed by atoms with van der Waals surface area (Å²) in [6, 6.07) is 4.95. The summed E-state index contributed by atoms with van der Waals surface area (Å²) in [5.41, 5.74) is -1.02. The number of hydrogen-bond acceptors (Lipinski definition) is 3. The van der Waals surface area contributed by atoms with Gasteiger partial charge in [0.05, 0.1) is 5.69 Å². The van der Waals surface area contributed by atoms with E-state index < -0.39 is 11.5 Å². The summed E-state index contributed by atoms with van der Waals surface area (Å²) in [6.07, 6.45) is 3.06. The van der Waals surface area contributed by atoms with Crippen LogP contribution in [0.4, 0.5) is 5.69 Å². The molecule has 0 aliphatic carbocycles. The molecule has 0 radical (unpaired) electrons. The highest BCUT2D eigenvalue weighted by Gasteiger charge is 2.49. The van der Waals surface area contributed by atoms with Crippen LogP contribution in [-0.2, 0) is 9.59 Å². The fourth-order valence-electron chi connectivity index (χ4n) is 2.74. The van der Waals surface area contributed by atoms with Gasteiger partial charge in [-0.25, -0.2) is 0 Å². The number of nitrogens with one attached hydrogen (secondary N) is 1. The summed E-state index contributed by atoms with van der Waals surface area (Å²) in [6.45, 7) is 2.88. The van der Waals surface area contributed by atoms with Crippen molar-refractivity contribution in [1.29, 1.82) is 0 Å². The monoisotopic (exact) mass is 308 g/mol. The number of amides is 2. The molecule has 2 amide bonds. The van der Waals surface area contributed by atoms with Gasteiger partial charge in [-0.1, -0.05) is 11.6 Å². The average molecular weight is 309 g/mol. The molecule has 1 N–H and O–H groups in total. The number of benzene rings is 1. The summed E-state index contributed by atoms with van der Waals surface area (Å²) in [7, 11) is 0. The number of piperidine rings is 1. The van der Waals surface area contributed by atoms with Gasteiger partial charge in [0.15, 0.2) is 0 Å². The lowest BCUT2D eigenvalue weighted by atomic mass is 9.99. The minimum atomic E-state index is -1.52. The first kappa shape index (κ1) is 14.2. The van der Waals surface area contributed by atoms with Gasteiger partial charge in [0.2, 0.25) is 0 Å². The highest BCUT2D eigenvalue weighted by atomic mass is 35.5. The van der Waals surface area contributed by atoms with Crippen molar-refractivity contribution in [3.05, 3.63) is 23.2 Å². The molecule has 0 bridgehead atoms. The maximum atomic E-state index is 12.7. The van der Waals surface area contributed by atoms with Crippen LogP contribution in [0.1, 0.15) is 26.2 Å². The SMILES string of the molecule is CC1(C(=O)N2CCCCC2)Oc2ccc(Cl)cc2NC1=O. The van der Waals surface area contributed by atoms with Crippen molar-refractivity contribution in [2.24, 2.45) is 0 Å². The lowest BCUT2D eigenvalue weighted by Gasteiger charge is -2.38. The van der Waals surface area contributed by atoms with Gasteiger partial charge >= 0.3 is 0 Å². The van der Waals surface area contributed by atoms with Crippen LogP contribution in [0.15, 0.2) is 18.2 Å². The van der Waals surface area contributed by atoms with E-state index in [4.69, 9.17) is 16.3 Å². The summed E-state index contributed by atoms with van der Waals surface area (Å²) < 4.78 is 5.74. The van der Waals surface area contributed by atoms with Crippen LogP contribution in [0.25, 0.3) is 0 Å². The van der Waals surface area contributed by atoms with E-state index in [1.807, 2.05) is 0 Å². The number of carbonyl (C=O) groups excluding carboxylic acids is 2. The summed E-state index contributed by atoms with van der Waals surface area (Å²) >= 11 is 5.90. The van der Waals surface area contributed by atoms with Crippen molar-refractivity contribution in [2.75, 3.05) is 18.4 Å². The maximum absolute atomic E-state index is 12.7. The van der Waals surface area contributed by atoms with Gasteiger partial charge in [-0.15, -0.1) is 0 Å². The van der Waals surface area contributed by atoms with Crippen LogP contribution in [0.5, 0.6) is 5.75 Å². The number of rotatable bonds is 1. The lowest BCUT2D eigenvalue weighted by molar-refractivity contribution is -0.155. The fraction of sp³-hybridized carbons (Fsp3) is 0.467. The molecule has 1 aromatic carbocycles. The number of fused-ring (bicyclic) bond motifs is 1. The Labute approximate surface area is 128 Å². The highest BCUT2D eigenvalue weighted by Crippen LogP contribution is 2.36. The molecule has 0 aromatic heterocycles. The summed E-state index contributed by atoms with van der Waals surface area (Å²) in [4.78, 5) is 26.7. The Morgan fingerprint density at radius 2 is 2.05 bits per heavy atom. The zero-order chi connectivity index (χ0) is 15.0. The summed E-state index contributed by atoms with van der Waals surface area (Å²) in [5, 5.41) is 3.22. The second kappa shape index (κ2) is 5.22. The molecule has 1 saturated heterocycles. The zero-order valence-corrected chi connectivity index (χ0v) is 12.6. The van der Waals surface area contributed by atoms with Gasteiger partial charge in [-0.05, 0) is 44.4 Å². The quantitative estimate of drug-likeness (QED) is 0.811. The van der Waals surface area contributed by atoms with E-state index in [9.17, 15) is 9.59 Å². The number of halogens is 1. The van der Waals surface area contributed by atoms with E-state index in [1.54, 1.807) is 23.1 Å². The van der Waals surface area contributed by atoms with Crippen LogP contribution >= 0.6 is 11.6 Å². The highest BCUT2D eigenvalue weighted by molar-refractivity contribution is 6.31. The number of likely N-dealkylation sites (tertiary alicyclic amines) is 1. The third-order valence-electron chi connectivity index (χ3n) is 3.99. The maximum Gasteiger partial charge on any atom is 0.278 e. The third-order valence-corrected chi connectivity index (χ3v) is 4.22. The lowest BCUT2D eigenvalue weighted by Crippen LogP contribution is -2.60. The van der Waals surface area contributed by atoms with E-state index in [0.717, 1.165) is 19.3 Å². The van der Waals surface area contributed by atoms with Crippen molar-refractivity contribution >= 4 is 29.1 Å². The van der Waals surface area contributed by atoms with Crippen molar-refractivity contribution < 1.29 is 14.3 Å². The second-order valence-corrected chi connectivity index (χ2v) is 6.02. The van der Waals surface area contributed by atoms with Crippen LogP contribution in [0.3, 0.4) is 0 Å². The van der Waals surface area contributed by atoms with Crippen molar-refractivity contribution in [2.45, 2.75) is 31.8 Å². The fourth-order valence-corrected chi connectivity index (χ4v) is 2.91. The largest absolute Gasteiger partial charge is 0.466 e. The van der Waals surface area contributed by atoms with Crippen LogP contribution in [0, 0.1) is 0 Å². The third kappa shape index (κ3) is 2.46. The van der Waals surface area contributed by atoms with Crippen molar-refractivity contribution in [3.8, 4) is 5.75 Å². The minimum Gasteiger partial charge on any atom is -0.466 e. The molecule has 6 heteroatoms. The Morgan fingerprint density at radius 1 is 1.33 bits per heavy atom. The first-order chi connectivity index (χ1) is 10.0. The molecule has 2 aliphatic heterocycles. The topological polar surface area (TPSA) is 58.6 Å². The molecule has 21 heavy (non-hydrogen) atoms. The average Bonchev–Trinajstić information content (AvgIpc) is 2.49. The molecule has 0 saturated carbocycles. The number of carbonyl (C=O) groups is 2. The van der Waals surface area contributed by atoms with E-state index in [2.05, 4.69) is 5.32 Å². The van der Waals surface area contributed by atoms with Gasteiger partial charge in [0.25, 0.3) is 17.4 Å². The van der Waals surface area contributed by atoms with Gasteiger partial charge in [-0.3, -0.25) is 9.59 Å². The summed E-state index contributed by atoms with van der Waals surface area (Å²) in [5.74, 6) is -0.264. The van der Waals surface area contributed by atoms with Crippen molar-refractivity contribution in [3.63, 3.8) is 0 Å². The first-order valence-electron chi connectivity index (χ1n) is 7.10. The molecule has 1 aromatic rings. The predicted octanol–water partition coefficient (Wildman–Crippen LogP) is 2.44. The molecule has 2 aliphatic rings. The smallest absolute Gasteiger partial charge is 0.278 e. The zero-order valence-electron chi connectivity index (χ0n) is 11.8. The molecule has 1 atom stereocenters. The van der Waals surface area contributed by atoms with Crippen molar-refractivity contribution in [1.82, 2.24) is 4.90 Å². The molecule has 1 fully saturated rings. The number of nitrogens with zero attached hydrogens (tertiary/aromatic N) is 1. The van der Waals surface area contributed by atoms with Crippen LogP contribution in [-0.4, -0.2) is 35.4 Å². The number of hydrogen-bond donors (Lipinski definition) is 1. The van der Waals surface area contributed by atoms with Gasteiger partial charge in [0, 0.05) is 18.1 Å². The molecule has 2 heterocycles. The van der Waals surface area contributed by atoms with Crippen LogP contribution in [0.2, 0.25) is 5.02 Å². The number of anilines is 1. The van der Waals surface area contributed by atoms with E-state index in [1.165, 1.54) is 6.92 Å². The Hall–Kier alpha value is -1.75. The Morgan fingerprint density at radius 3 is 2.76 bits per heavy atom. The van der Waals surface area contributed by atoms with Gasteiger partial charge in [0.1, 0.15) is 5.75 Å². The first-order valence-corrected chi connectivity index (χ1v) is 7.48. The molecule has 112 valence electrons. The van der Waals surface area contributed by atoms with Gasteiger partial charge < -0.3 is 15.0 Å². The van der Waals surface area contributed by atoms with E-state index in [0.29, 0.717) is 29.5 Å². The normalized spacial score (nSPS) is 24.9.